The van der Waals surface area contributed by atoms with Crippen LogP contribution in [0.5, 0.6) is 0 Å². The molecule has 0 aliphatic heterocycles. The molecule has 0 amide bonds. The predicted molar refractivity (Wildman–Crippen MR) is 61.7 cm³/mol. The number of ether oxygens (including phenoxy) is 1. The van der Waals surface area contributed by atoms with Crippen LogP contribution in [0.25, 0.3) is 0 Å². The van der Waals surface area contributed by atoms with Crippen LogP contribution >= 0.6 is 0 Å². The predicted octanol–water partition coefficient (Wildman–Crippen LogP) is 3.70. The summed E-state index contributed by atoms with van der Waals surface area (Å²) >= 11 is 0. The average Bonchev–Trinajstić information content (AvgIpc) is 2.35. The quantitative estimate of drug-likeness (QED) is 0.786. The van der Waals surface area contributed by atoms with Gasteiger partial charge in [-0.1, -0.05) is 36.4 Å². The normalized spacial score (nSPS) is 12.4. The number of benzene rings is 2. The highest BCUT2D eigenvalue weighted by Crippen LogP contribution is 2.29. The molecule has 1 nitrogen and oxygen atoms in total. The first-order valence-electron chi connectivity index (χ1n) is 5.25. The van der Waals surface area contributed by atoms with E-state index >= 15 is 0 Å². The molecule has 0 aliphatic rings. The van der Waals surface area contributed by atoms with Gasteiger partial charge in [0.05, 0.1) is 5.56 Å². The highest BCUT2D eigenvalue weighted by molar-refractivity contribution is 5.32. The van der Waals surface area contributed by atoms with E-state index in [-0.39, 0.29) is 5.56 Å². The van der Waals surface area contributed by atoms with Gasteiger partial charge in [0.15, 0.2) is 0 Å². The summed E-state index contributed by atoms with van der Waals surface area (Å²) in [7, 11) is 1.43. The Labute approximate surface area is 98.7 Å². The summed E-state index contributed by atoms with van der Waals surface area (Å²) in [5, 5.41) is 0. The molecule has 0 radical (unpaired) electrons. The van der Waals surface area contributed by atoms with E-state index in [0.29, 0.717) is 0 Å². The molecule has 1 atom stereocenters. The van der Waals surface area contributed by atoms with Crippen molar-refractivity contribution in [3.63, 3.8) is 0 Å². The summed E-state index contributed by atoms with van der Waals surface area (Å²) < 4.78 is 32.5. The van der Waals surface area contributed by atoms with Crippen LogP contribution in [0.15, 0.2) is 48.5 Å². The Morgan fingerprint density at radius 1 is 0.882 bits per heavy atom. The topological polar surface area (TPSA) is 9.23 Å². The summed E-state index contributed by atoms with van der Waals surface area (Å²) in [5.41, 5.74) is 0.667. The van der Waals surface area contributed by atoms with Crippen LogP contribution in [-0.4, -0.2) is 7.11 Å². The smallest absolute Gasteiger partial charge is 0.132 e. The molecular weight excluding hydrogens is 222 g/mol. The largest absolute Gasteiger partial charge is 0.372 e. The van der Waals surface area contributed by atoms with Crippen LogP contribution in [0.4, 0.5) is 8.78 Å². The molecule has 0 bridgehead atoms. The van der Waals surface area contributed by atoms with Crippen molar-refractivity contribution >= 4 is 0 Å². The van der Waals surface area contributed by atoms with Crippen molar-refractivity contribution in [3.8, 4) is 0 Å². The van der Waals surface area contributed by atoms with Crippen molar-refractivity contribution in [1.82, 2.24) is 0 Å². The number of rotatable bonds is 3. The Morgan fingerprint density at radius 2 is 1.47 bits per heavy atom. The van der Waals surface area contributed by atoms with E-state index in [4.69, 9.17) is 4.74 Å². The molecule has 0 aromatic heterocycles. The maximum absolute atomic E-state index is 13.7. The molecule has 0 spiro atoms. The maximum atomic E-state index is 13.7. The minimum Gasteiger partial charge on any atom is -0.372 e. The van der Waals surface area contributed by atoms with Gasteiger partial charge in [-0.15, -0.1) is 0 Å². The van der Waals surface area contributed by atoms with Gasteiger partial charge in [-0.3, -0.25) is 0 Å². The first kappa shape index (κ1) is 11.7. The summed E-state index contributed by atoms with van der Waals surface area (Å²) in [4.78, 5) is 0. The molecule has 2 aromatic carbocycles. The van der Waals surface area contributed by atoms with Gasteiger partial charge in [-0.25, -0.2) is 8.78 Å². The van der Waals surface area contributed by atoms with E-state index in [2.05, 4.69) is 0 Å². The number of methoxy groups -OCH3 is 1. The zero-order valence-electron chi connectivity index (χ0n) is 9.36. The fraction of sp³-hybridized carbons (Fsp3) is 0.143. The SMILES string of the molecule is COC(c1ccccc1)c1c(F)cccc1F. The molecule has 0 fully saturated rings. The van der Waals surface area contributed by atoms with Crippen LogP contribution in [0.2, 0.25) is 0 Å². The second-order valence-corrected chi connectivity index (χ2v) is 3.66. The molecule has 0 aliphatic carbocycles. The van der Waals surface area contributed by atoms with Gasteiger partial charge in [0.1, 0.15) is 17.7 Å². The van der Waals surface area contributed by atoms with Crippen LogP contribution in [0.1, 0.15) is 17.2 Å². The fourth-order valence-corrected chi connectivity index (χ4v) is 1.81. The lowest BCUT2D eigenvalue weighted by atomic mass is 10.0. The van der Waals surface area contributed by atoms with Gasteiger partial charge in [0, 0.05) is 7.11 Å². The highest BCUT2D eigenvalue weighted by Gasteiger charge is 2.21. The lowest BCUT2D eigenvalue weighted by molar-refractivity contribution is 0.129. The van der Waals surface area contributed by atoms with Crippen LogP contribution in [-0.2, 0) is 4.74 Å². The Balaban J connectivity index is 2.50. The Kier molecular flexibility index (Phi) is 3.49. The van der Waals surface area contributed by atoms with Gasteiger partial charge < -0.3 is 4.74 Å². The van der Waals surface area contributed by atoms with Gasteiger partial charge in [0.25, 0.3) is 0 Å². The molecule has 1 unspecified atom stereocenters. The molecule has 17 heavy (non-hydrogen) atoms. The Morgan fingerprint density at radius 3 is 2.00 bits per heavy atom. The van der Waals surface area contributed by atoms with Crippen LogP contribution < -0.4 is 0 Å². The van der Waals surface area contributed by atoms with Gasteiger partial charge >= 0.3 is 0 Å². The third kappa shape index (κ3) is 2.34. The summed E-state index contributed by atoms with van der Waals surface area (Å²) in [5.74, 6) is -1.19. The zero-order valence-corrected chi connectivity index (χ0v) is 9.36. The minimum absolute atomic E-state index is 0.0544. The van der Waals surface area contributed by atoms with E-state index in [9.17, 15) is 8.78 Å². The van der Waals surface area contributed by atoms with E-state index in [1.807, 2.05) is 6.07 Å². The molecular formula is C14H12F2O. The second-order valence-electron chi connectivity index (χ2n) is 3.66. The molecule has 0 N–H and O–H groups in total. The number of hydrogen-bond donors (Lipinski definition) is 0. The summed E-state index contributed by atoms with van der Waals surface area (Å²) in [6.07, 6.45) is -0.725. The molecule has 3 heteroatoms. The number of halogens is 2. The molecule has 0 saturated heterocycles. The first-order valence-corrected chi connectivity index (χ1v) is 5.25. The maximum Gasteiger partial charge on any atom is 0.132 e. The van der Waals surface area contributed by atoms with Gasteiger partial charge in [0.2, 0.25) is 0 Å². The average molecular weight is 234 g/mol. The minimum atomic E-state index is -0.725. The monoisotopic (exact) mass is 234 g/mol. The van der Waals surface area contributed by atoms with Gasteiger partial charge in [-0.2, -0.15) is 0 Å². The summed E-state index contributed by atoms with van der Waals surface area (Å²) in [6, 6.07) is 12.8. The summed E-state index contributed by atoms with van der Waals surface area (Å²) in [6.45, 7) is 0. The Hall–Kier alpha value is -1.74. The lowest BCUT2D eigenvalue weighted by Crippen LogP contribution is -2.08. The Bertz CT molecular complexity index is 477. The highest BCUT2D eigenvalue weighted by atomic mass is 19.1. The van der Waals surface area contributed by atoms with Crippen molar-refractivity contribution in [1.29, 1.82) is 0 Å². The van der Waals surface area contributed by atoms with E-state index < -0.39 is 17.7 Å². The molecule has 88 valence electrons. The standard InChI is InChI=1S/C14H12F2O/c1-17-14(10-6-3-2-4-7-10)13-11(15)8-5-9-12(13)16/h2-9,14H,1H3. The fourth-order valence-electron chi connectivity index (χ4n) is 1.81. The molecule has 2 rings (SSSR count). The van der Waals surface area contributed by atoms with Crippen molar-refractivity contribution < 1.29 is 13.5 Å². The van der Waals surface area contributed by atoms with Crippen LogP contribution in [0, 0.1) is 11.6 Å². The van der Waals surface area contributed by atoms with E-state index in [0.717, 1.165) is 5.56 Å². The van der Waals surface area contributed by atoms with Crippen LogP contribution in [0.3, 0.4) is 0 Å². The van der Waals surface area contributed by atoms with Crippen molar-refractivity contribution in [2.24, 2.45) is 0 Å². The second kappa shape index (κ2) is 5.06. The van der Waals surface area contributed by atoms with Gasteiger partial charge in [-0.05, 0) is 17.7 Å². The number of hydrogen-bond acceptors (Lipinski definition) is 1. The van der Waals surface area contributed by atoms with Crippen molar-refractivity contribution in [2.45, 2.75) is 6.10 Å². The van der Waals surface area contributed by atoms with Crippen molar-refractivity contribution in [3.05, 3.63) is 71.3 Å². The molecule has 2 aromatic rings. The third-order valence-electron chi connectivity index (χ3n) is 2.60. The van der Waals surface area contributed by atoms with E-state index in [1.54, 1.807) is 24.3 Å². The first-order chi connectivity index (χ1) is 8.24. The van der Waals surface area contributed by atoms with E-state index in [1.165, 1.54) is 25.3 Å². The molecule has 0 heterocycles. The molecule has 0 saturated carbocycles. The lowest BCUT2D eigenvalue weighted by Gasteiger charge is -2.17. The third-order valence-corrected chi connectivity index (χ3v) is 2.60. The zero-order chi connectivity index (χ0) is 12.3. The van der Waals surface area contributed by atoms with Crippen molar-refractivity contribution in [2.75, 3.05) is 7.11 Å².